The minimum absolute atomic E-state index is 0.504. The van der Waals surface area contributed by atoms with Gasteiger partial charge >= 0.3 is 0 Å². The predicted octanol–water partition coefficient (Wildman–Crippen LogP) is 2.60. The third-order valence-corrected chi connectivity index (χ3v) is 3.76. The van der Waals surface area contributed by atoms with Gasteiger partial charge in [-0.25, -0.2) is 0 Å². The molecule has 1 aromatic carbocycles. The summed E-state index contributed by atoms with van der Waals surface area (Å²) in [5.41, 5.74) is 1.59. The van der Waals surface area contributed by atoms with Crippen molar-refractivity contribution in [3.63, 3.8) is 0 Å². The van der Waals surface area contributed by atoms with Crippen LogP contribution in [-0.4, -0.2) is 27.9 Å². The van der Waals surface area contributed by atoms with E-state index in [1.165, 1.54) is 12.8 Å². The van der Waals surface area contributed by atoms with Crippen LogP contribution >= 0.6 is 0 Å². The lowest BCUT2D eigenvalue weighted by Crippen LogP contribution is -2.21. The molecule has 1 N–H and O–H groups in total. The van der Waals surface area contributed by atoms with Gasteiger partial charge in [-0.2, -0.15) is 0 Å². The average molecular weight is 265 g/mol. The highest BCUT2D eigenvalue weighted by atomic mass is 16.5. The van der Waals surface area contributed by atoms with Crippen LogP contribution in [0.4, 0.5) is 0 Å². The smallest absolute Gasteiger partial charge is 0.164 e. The maximum absolute atomic E-state index is 5.41. The Morgan fingerprint density at radius 1 is 1.00 bits per heavy atom. The molecule has 1 fully saturated rings. The summed E-state index contributed by atoms with van der Waals surface area (Å²) in [6.45, 7) is 4.13. The van der Waals surface area contributed by atoms with E-state index >= 15 is 0 Å². The molecule has 4 heteroatoms. The number of nitrogens with one attached hydrogen (secondary N) is 1. The van der Waals surface area contributed by atoms with E-state index in [0.717, 1.165) is 30.2 Å². The Bertz CT molecular complexity index is 441. The first-order valence-electron chi connectivity index (χ1n) is 6.61. The third-order valence-electron chi connectivity index (χ3n) is 3.76. The van der Waals surface area contributed by atoms with Crippen molar-refractivity contribution in [3.8, 4) is 17.2 Å². The number of hydrogen-bond donors (Lipinski definition) is 1. The van der Waals surface area contributed by atoms with Crippen molar-refractivity contribution in [2.75, 3.05) is 27.9 Å². The van der Waals surface area contributed by atoms with Gasteiger partial charge in [0.1, 0.15) is 5.75 Å². The Labute approximate surface area is 115 Å². The quantitative estimate of drug-likeness (QED) is 0.822. The zero-order valence-electron chi connectivity index (χ0n) is 12.2. The molecule has 0 unspecified atom stereocenters. The number of ether oxygens (including phenoxy) is 3. The fraction of sp³-hybridized carbons (Fsp3) is 0.600. The first-order valence-corrected chi connectivity index (χ1v) is 6.61. The molecule has 19 heavy (non-hydrogen) atoms. The fourth-order valence-corrected chi connectivity index (χ4v) is 2.12. The summed E-state index contributed by atoms with van der Waals surface area (Å²) in [4.78, 5) is 0. The normalized spacial score (nSPS) is 16.0. The molecule has 2 rings (SSSR count). The molecule has 0 amide bonds. The molecule has 0 heterocycles. The van der Waals surface area contributed by atoms with E-state index in [-0.39, 0.29) is 0 Å². The van der Waals surface area contributed by atoms with E-state index in [9.17, 15) is 0 Å². The van der Waals surface area contributed by atoms with Crippen LogP contribution in [0, 0.1) is 5.41 Å². The molecule has 4 nitrogen and oxygen atoms in total. The van der Waals surface area contributed by atoms with E-state index < -0.39 is 0 Å². The maximum Gasteiger partial charge on any atom is 0.164 e. The SMILES string of the molecule is COc1cc(OC)c(OC)cc1CNCC1(C)CC1. The van der Waals surface area contributed by atoms with Crippen LogP contribution in [0.1, 0.15) is 25.3 Å². The molecule has 1 aliphatic carbocycles. The van der Waals surface area contributed by atoms with Crippen LogP contribution in [0.5, 0.6) is 17.2 Å². The molecule has 0 saturated heterocycles. The van der Waals surface area contributed by atoms with Crippen molar-refractivity contribution < 1.29 is 14.2 Å². The number of hydrogen-bond acceptors (Lipinski definition) is 4. The molecule has 106 valence electrons. The highest BCUT2D eigenvalue weighted by Crippen LogP contribution is 2.44. The van der Waals surface area contributed by atoms with Gasteiger partial charge in [-0.1, -0.05) is 6.92 Å². The first-order chi connectivity index (χ1) is 9.11. The summed E-state index contributed by atoms with van der Waals surface area (Å²) in [5.74, 6) is 2.25. The van der Waals surface area contributed by atoms with Crippen molar-refractivity contribution in [1.29, 1.82) is 0 Å². The molecule has 0 bridgehead atoms. The largest absolute Gasteiger partial charge is 0.496 e. The van der Waals surface area contributed by atoms with Gasteiger partial charge in [0.05, 0.1) is 21.3 Å². The van der Waals surface area contributed by atoms with Gasteiger partial charge in [0.2, 0.25) is 0 Å². The molecule has 1 saturated carbocycles. The lowest BCUT2D eigenvalue weighted by Gasteiger charge is -2.15. The summed E-state index contributed by atoms with van der Waals surface area (Å²) in [6, 6.07) is 3.84. The van der Waals surface area contributed by atoms with Crippen molar-refractivity contribution in [3.05, 3.63) is 17.7 Å². The van der Waals surface area contributed by atoms with Crippen molar-refractivity contribution >= 4 is 0 Å². The molecule has 0 atom stereocenters. The average Bonchev–Trinajstić information content (AvgIpc) is 3.16. The second kappa shape index (κ2) is 5.70. The first kappa shape index (κ1) is 14.0. The van der Waals surface area contributed by atoms with E-state index in [4.69, 9.17) is 14.2 Å². The van der Waals surface area contributed by atoms with Crippen LogP contribution < -0.4 is 19.5 Å². The molecule has 0 radical (unpaired) electrons. The molecule has 0 spiro atoms. The van der Waals surface area contributed by atoms with Gasteiger partial charge in [-0.3, -0.25) is 0 Å². The molecular weight excluding hydrogens is 242 g/mol. The Hall–Kier alpha value is -1.42. The second-order valence-corrected chi connectivity index (χ2v) is 5.43. The highest BCUT2D eigenvalue weighted by Gasteiger charge is 2.36. The van der Waals surface area contributed by atoms with Crippen LogP contribution in [-0.2, 0) is 6.54 Å². The second-order valence-electron chi connectivity index (χ2n) is 5.43. The van der Waals surface area contributed by atoms with E-state index in [1.807, 2.05) is 12.1 Å². The van der Waals surface area contributed by atoms with E-state index in [0.29, 0.717) is 11.2 Å². The third kappa shape index (κ3) is 3.32. The standard InChI is InChI=1S/C15H23NO3/c1-15(5-6-15)10-16-9-11-7-13(18-3)14(19-4)8-12(11)17-2/h7-8,16H,5-6,9-10H2,1-4H3. The van der Waals surface area contributed by atoms with Gasteiger partial charge in [-0.05, 0) is 24.3 Å². The fourth-order valence-electron chi connectivity index (χ4n) is 2.12. The van der Waals surface area contributed by atoms with E-state index in [2.05, 4.69) is 12.2 Å². The summed E-state index contributed by atoms with van der Waals surface area (Å²) in [6.07, 6.45) is 2.64. The van der Waals surface area contributed by atoms with Crippen LogP contribution in [0.2, 0.25) is 0 Å². The lowest BCUT2D eigenvalue weighted by molar-refractivity contribution is 0.346. The van der Waals surface area contributed by atoms with Crippen LogP contribution in [0.25, 0.3) is 0 Å². The molecule has 0 aliphatic heterocycles. The minimum Gasteiger partial charge on any atom is -0.496 e. The number of rotatable bonds is 7. The Balaban J connectivity index is 2.08. The molecule has 1 aromatic rings. The summed E-state index contributed by atoms with van der Waals surface area (Å²) in [5, 5.41) is 3.49. The van der Waals surface area contributed by atoms with Gasteiger partial charge in [0.25, 0.3) is 0 Å². The summed E-state index contributed by atoms with van der Waals surface area (Å²) >= 11 is 0. The predicted molar refractivity (Wildman–Crippen MR) is 75.1 cm³/mol. The summed E-state index contributed by atoms with van der Waals surface area (Å²) in [7, 11) is 4.95. The molecule has 1 aliphatic rings. The molecular formula is C15H23NO3. The van der Waals surface area contributed by atoms with Gasteiger partial charge in [0, 0.05) is 24.7 Å². The van der Waals surface area contributed by atoms with Crippen molar-refractivity contribution in [1.82, 2.24) is 5.32 Å². The van der Waals surface area contributed by atoms with E-state index in [1.54, 1.807) is 21.3 Å². The van der Waals surface area contributed by atoms with Gasteiger partial charge < -0.3 is 19.5 Å². The molecule has 0 aromatic heterocycles. The monoisotopic (exact) mass is 265 g/mol. The highest BCUT2D eigenvalue weighted by molar-refractivity contribution is 5.50. The van der Waals surface area contributed by atoms with Crippen molar-refractivity contribution in [2.45, 2.75) is 26.3 Å². The Morgan fingerprint density at radius 3 is 2.11 bits per heavy atom. The zero-order valence-corrected chi connectivity index (χ0v) is 12.2. The lowest BCUT2D eigenvalue weighted by atomic mass is 10.1. The van der Waals surface area contributed by atoms with Gasteiger partial charge in [-0.15, -0.1) is 0 Å². The van der Waals surface area contributed by atoms with Crippen molar-refractivity contribution in [2.24, 2.45) is 5.41 Å². The van der Waals surface area contributed by atoms with Crippen LogP contribution in [0.15, 0.2) is 12.1 Å². The zero-order chi connectivity index (χ0) is 13.9. The maximum atomic E-state index is 5.41. The van der Waals surface area contributed by atoms with Gasteiger partial charge in [0.15, 0.2) is 11.5 Å². The van der Waals surface area contributed by atoms with Crippen LogP contribution in [0.3, 0.4) is 0 Å². The summed E-state index contributed by atoms with van der Waals surface area (Å²) < 4.78 is 16.0. The Kier molecular flexibility index (Phi) is 4.20. The Morgan fingerprint density at radius 2 is 1.58 bits per heavy atom. The minimum atomic E-state index is 0.504. The number of benzene rings is 1. The number of methoxy groups -OCH3 is 3. The topological polar surface area (TPSA) is 39.7 Å².